The van der Waals surface area contributed by atoms with Crippen LogP contribution in [-0.4, -0.2) is 84.1 Å². The monoisotopic (exact) mass is 522 g/mol. The molecule has 0 radical (unpaired) electrons. The van der Waals surface area contributed by atoms with Gasteiger partial charge in [0.1, 0.15) is 0 Å². The fourth-order valence-electron chi connectivity index (χ4n) is 3.70. The van der Waals surface area contributed by atoms with Gasteiger partial charge in [0.15, 0.2) is 10.6 Å². The number of fused-ring (bicyclic) bond motifs is 2. The Morgan fingerprint density at radius 1 is 1.00 bits per heavy atom. The van der Waals surface area contributed by atoms with Crippen molar-refractivity contribution in [3.63, 3.8) is 0 Å². The third-order valence-corrected chi connectivity index (χ3v) is 7.79. The summed E-state index contributed by atoms with van der Waals surface area (Å²) in [5.74, 6) is -0.273. The van der Waals surface area contributed by atoms with Crippen LogP contribution < -0.4 is 15.5 Å². The Balaban J connectivity index is 1.81. The molecule has 0 fully saturated rings. The summed E-state index contributed by atoms with van der Waals surface area (Å²) >= 11 is 2.76. The van der Waals surface area contributed by atoms with Crippen molar-refractivity contribution < 1.29 is 19.1 Å². The lowest BCUT2D eigenvalue weighted by Crippen LogP contribution is -2.49. The standard InChI is InChI=1S/C23H34N6O4S2/c1-6-27(7-2)13-19(30)25-21-24-15-11-16-18(12-17(15)34-21)35-22(29(16)23(32)33-10-5)26-20(31)14-28(8-3)9-4/h11-12,22H,6-10,13-14H2,1-5H3,(H,26,31)(H,24,25,30). The van der Waals surface area contributed by atoms with E-state index in [1.165, 1.54) is 28.0 Å². The number of thioether (sulfide) groups is 1. The van der Waals surface area contributed by atoms with Crippen LogP contribution in [0.15, 0.2) is 17.0 Å². The number of amides is 3. The normalized spacial score (nSPS) is 15.1. The molecule has 0 saturated carbocycles. The van der Waals surface area contributed by atoms with E-state index >= 15 is 0 Å². The first-order valence-corrected chi connectivity index (χ1v) is 13.6. The highest BCUT2D eigenvalue weighted by Crippen LogP contribution is 2.46. The van der Waals surface area contributed by atoms with Gasteiger partial charge in [0.2, 0.25) is 11.8 Å². The molecular formula is C23H34N6O4S2. The lowest BCUT2D eigenvalue weighted by molar-refractivity contribution is -0.122. The van der Waals surface area contributed by atoms with Crippen molar-refractivity contribution in [2.45, 2.75) is 45.0 Å². The maximum Gasteiger partial charge on any atom is 0.416 e. The van der Waals surface area contributed by atoms with E-state index in [0.717, 1.165) is 35.8 Å². The SMILES string of the molecule is CCOC(=O)N1c2cc3nc(NC(=O)CN(CC)CC)sc3cc2SC1NC(=O)CN(CC)CC. The van der Waals surface area contributed by atoms with E-state index in [4.69, 9.17) is 4.74 Å². The van der Waals surface area contributed by atoms with Crippen LogP contribution in [0.4, 0.5) is 15.6 Å². The first-order chi connectivity index (χ1) is 16.8. The van der Waals surface area contributed by atoms with Gasteiger partial charge >= 0.3 is 6.09 Å². The third-order valence-electron chi connectivity index (χ3n) is 5.72. The Hall–Kier alpha value is -2.41. The van der Waals surface area contributed by atoms with E-state index in [1.807, 2.05) is 49.6 Å². The van der Waals surface area contributed by atoms with Gasteiger partial charge in [-0.2, -0.15) is 0 Å². The number of hydrogen-bond donors (Lipinski definition) is 2. The molecule has 3 amide bonds. The van der Waals surface area contributed by atoms with Crippen molar-refractivity contribution in [1.29, 1.82) is 0 Å². The van der Waals surface area contributed by atoms with Crippen LogP contribution >= 0.6 is 23.1 Å². The van der Waals surface area contributed by atoms with Crippen LogP contribution in [0.25, 0.3) is 10.2 Å². The zero-order valence-electron chi connectivity index (χ0n) is 20.9. The number of benzene rings is 1. The molecular weight excluding hydrogens is 488 g/mol. The van der Waals surface area contributed by atoms with Gasteiger partial charge in [0, 0.05) is 4.90 Å². The Morgan fingerprint density at radius 3 is 2.23 bits per heavy atom. The number of hydrogen-bond acceptors (Lipinski definition) is 9. The number of anilines is 2. The summed E-state index contributed by atoms with van der Waals surface area (Å²) < 4.78 is 6.16. The molecule has 0 saturated heterocycles. The number of aromatic nitrogens is 1. The third kappa shape index (κ3) is 6.63. The van der Waals surface area contributed by atoms with Crippen molar-refractivity contribution in [2.24, 2.45) is 0 Å². The molecule has 2 N–H and O–H groups in total. The second-order valence-corrected chi connectivity index (χ2v) is 10.0. The fourth-order valence-corrected chi connectivity index (χ4v) is 5.88. The van der Waals surface area contributed by atoms with Crippen molar-refractivity contribution in [2.75, 3.05) is 56.1 Å². The predicted octanol–water partition coefficient (Wildman–Crippen LogP) is 3.39. The maximum atomic E-state index is 12.8. The molecule has 3 rings (SSSR count). The molecule has 1 aliphatic rings. The van der Waals surface area contributed by atoms with Crippen LogP contribution in [0.3, 0.4) is 0 Å². The molecule has 0 aliphatic carbocycles. The molecule has 0 spiro atoms. The van der Waals surface area contributed by atoms with E-state index in [9.17, 15) is 14.4 Å². The van der Waals surface area contributed by atoms with E-state index < -0.39 is 11.6 Å². The predicted molar refractivity (Wildman–Crippen MR) is 141 cm³/mol. The Morgan fingerprint density at radius 2 is 1.63 bits per heavy atom. The van der Waals surface area contributed by atoms with Crippen molar-refractivity contribution >= 4 is 62.0 Å². The van der Waals surface area contributed by atoms with Crippen molar-refractivity contribution in [1.82, 2.24) is 20.1 Å². The van der Waals surface area contributed by atoms with E-state index in [-0.39, 0.29) is 25.0 Å². The van der Waals surface area contributed by atoms with Crippen LogP contribution in [-0.2, 0) is 14.3 Å². The average Bonchev–Trinajstić information content (AvgIpc) is 3.38. The van der Waals surface area contributed by atoms with Crippen molar-refractivity contribution in [3.8, 4) is 0 Å². The summed E-state index contributed by atoms with van der Waals surface area (Å²) in [6.07, 6.45) is -0.533. The van der Waals surface area contributed by atoms with Gasteiger partial charge in [-0.05, 0) is 45.2 Å². The summed E-state index contributed by atoms with van der Waals surface area (Å²) in [6.45, 7) is 13.7. The van der Waals surface area contributed by atoms with Crippen LogP contribution in [0.5, 0.6) is 0 Å². The minimum atomic E-state index is -0.614. The summed E-state index contributed by atoms with van der Waals surface area (Å²) in [7, 11) is 0. The van der Waals surface area contributed by atoms with Gasteiger partial charge in [0.25, 0.3) is 0 Å². The number of carbonyl (C=O) groups excluding carboxylic acids is 3. The van der Waals surface area contributed by atoms with Crippen LogP contribution in [0.2, 0.25) is 0 Å². The molecule has 192 valence electrons. The van der Waals surface area contributed by atoms with Gasteiger partial charge in [-0.25, -0.2) is 14.7 Å². The quantitative estimate of drug-likeness (QED) is 0.463. The summed E-state index contributed by atoms with van der Waals surface area (Å²) in [4.78, 5) is 48.8. The number of nitrogens with one attached hydrogen (secondary N) is 2. The second kappa shape index (κ2) is 12.5. The van der Waals surface area contributed by atoms with E-state index in [2.05, 4.69) is 15.6 Å². The first kappa shape index (κ1) is 27.2. The minimum absolute atomic E-state index is 0.112. The lowest BCUT2D eigenvalue weighted by atomic mass is 10.3. The fraction of sp³-hybridized carbons (Fsp3) is 0.565. The zero-order valence-corrected chi connectivity index (χ0v) is 22.6. The lowest BCUT2D eigenvalue weighted by Gasteiger charge is -2.25. The van der Waals surface area contributed by atoms with E-state index in [1.54, 1.807) is 6.92 Å². The highest BCUT2D eigenvalue weighted by Gasteiger charge is 2.37. The van der Waals surface area contributed by atoms with E-state index in [0.29, 0.717) is 22.9 Å². The number of thiazole rings is 1. The molecule has 1 aromatic heterocycles. The minimum Gasteiger partial charge on any atom is -0.449 e. The molecule has 35 heavy (non-hydrogen) atoms. The molecule has 1 unspecified atom stereocenters. The summed E-state index contributed by atoms with van der Waals surface area (Å²) in [5.41, 5.74) is 0.675. The number of rotatable bonds is 11. The van der Waals surface area contributed by atoms with Crippen LogP contribution in [0.1, 0.15) is 34.6 Å². The molecule has 1 atom stereocenters. The zero-order chi connectivity index (χ0) is 25.5. The highest BCUT2D eigenvalue weighted by molar-refractivity contribution is 8.00. The smallest absolute Gasteiger partial charge is 0.416 e. The molecule has 0 bridgehead atoms. The Labute approximate surface area is 214 Å². The van der Waals surface area contributed by atoms with Crippen molar-refractivity contribution in [3.05, 3.63) is 12.1 Å². The molecule has 2 heterocycles. The maximum absolute atomic E-state index is 12.8. The molecule has 1 aromatic carbocycles. The average molecular weight is 523 g/mol. The van der Waals surface area contributed by atoms with Gasteiger partial charge in [0.05, 0.1) is 35.6 Å². The number of likely N-dealkylation sites (N-methyl/N-ethyl adjacent to an activating group) is 2. The largest absolute Gasteiger partial charge is 0.449 e. The van der Waals surface area contributed by atoms with Gasteiger partial charge < -0.3 is 15.4 Å². The topological polar surface area (TPSA) is 107 Å². The molecule has 2 aromatic rings. The molecule has 12 heteroatoms. The highest BCUT2D eigenvalue weighted by atomic mass is 32.2. The Bertz CT molecular complexity index is 1050. The number of ether oxygens (including phenoxy) is 1. The van der Waals surface area contributed by atoms with Gasteiger partial charge in [-0.15, -0.1) is 0 Å². The summed E-state index contributed by atoms with van der Waals surface area (Å²) in [5, 5.41) is 6.35. The number of nitrogens with zero attached hydrogens (tertiary/aromatic N) is 4. The Kier molecular flexibility index (Phi) is 9.72. The van der Waals surface area contributed by atoms with Crippen LogP contribution in [0, 0.1) is 0 Å². The first-order valence-electron chi connectivity index (χ1n) is 11.9. The summed E-state index contributed by atoms with van der Waals surface area (Å²) in [6, 6.07) is 3.75. The second-order valence-electron chi connectivity index (χ2n) is 7.88. The van der Waals surface area contributed by atoms with Gasteiger partial charge in [-0.3, -0.25) is 19.4 Å². The van der Waals surface area contributed by atoms with Gasteiger partial charge in [-0.1, -0.05) is 50.8 Å². The molecule has 1 aliphatic heterocycles. The molecule has 10 nitrogen and oxygen atoms in total. The number of carbonyl (C=O) groups is 3.